The lowest BCUT2D eigenvalue weighted by Crippen LogP contribution is -2.53. The number of carboxylic acid groups (broad SMARTS) is 1. The largest absolute Gasteiger partial charge is 0.481 e. The molecule has 2 N–H and O–H groups in total. The zero-order valence-electron chi connectivity index (χ0n) is 12.0. The first kappa shape index (κ1) is 15.1. The van der Waals surface area contributed by atoms with Crippen LogP contribution in [0.5, 0.6) is 0 Å². The number of aliphatic carboxylic acids is 1. The molecule has 1 aliphatic heterocycles. The molecule has 1 aliphatic carbocycles. The zero-order valence-corrected chi connectivity index (χ0v) is 12.0. The minimum absolute atomic E-state index is 0.0335. The van der Waals surface area contributed by atoms with Crippen molar-refractivity contribution in [2.24, 2.45) is 0 Å². The summed E-state index contributed by atoms with van der Waals surface area (Å²) in [6.45, 7) is 0.647. The number of hydrogen-bond donors (Lipinski definition) is 2. The Labute approximate surface area is 119 Å². The van der Waals surface area contributed by atoms with Crippen LogP contribution >= 0.6 is 0 Å². The molecule has 2 fully saturated rings. The average Bonchev–Trinajstić information content (AvgIpc) is 2.85. The molecular formula is C14H24N2O4. The van der Waals surface area contributed by atoms with E-state index >= 15 is 0 Å². The fraction of sp³-hybridized carbons (Fsp3) is 0.857. The molecule has 6 heteroatoms. The lowest BCUT2D eigenvalue weighted by atomic mass is 10.00. The quantitative estimate of drug-likeness (QED) is 0.821. The van der Waals surface area contributed by atoms with Crippen LogP contribution in [0.25, 0.3) is 0 Å². The molecule has 2 aliphatic rings. The first-order chi connectivity index (χ1) is 9.61. The second kappa shape index (κ2) is 6.92. The van der Waals surface area contributed by atoms with Crippen LogP contribution in [0, 0.1) is 0 Å². The van der Waals surface area contributed by atoms with Crippen LogP contribution in [-0.2, 0) is 9.53 Å². The summed E-state index contributed by atoms with van der Waals surface area (Å²) in [5.74, 6) is -0.842. The Balaban J connectivity index is 1.93. The summed E-state index contributed by atoms with van der Waals surface area (Å²) in [5, 5.41) is 12.0. The number of nitrogens with zero attached hydrogens (tertiary/aromatic N) is 1. The van der Waals surface area contributed by atoms with Gasteiger partial charge in [0.05, 0.1) is 18.6 Å². The third-order valence-electron chi connectivity index (χ3n) is 4.36. The standard InChI is InChI=1S/C14H24N2O4/c1-20-12-7-4-6-11(12)15-14(19)16-8-3-2-5-10(16)9-13(17)18/h10-12H,2-9H2,1H3,(H,15,19)(H,17,18). The number of piperidine rings is 1. The van der Waals surface area contributed by atoms with E-state index in [1.165, 1.54) is 0 Å². The van der Waals surface area contributed by atoms with Crippen molar-refractivity contribution in [2.75, 3.05) is 13.7 Å². The number of amides is 2. The van der Waals surface area contributed by atoms with E-state index in [1.807, 2.05) is 0 Å². The lowest BCUT2D eigenvalue weighted by Gasteiger charge is -2.36. The molecule has 0 spiro atoms. The molecule has 3 atom stereocenters. The number of methoxy groups -OCH3 is 1. The van der Waals surface area contributed by atoms with Crippen molar-refractivity contribution in [3.8, 4) is 0 Å². The Hall–Kier alpha value is -1.30. The second-order valence-electron chi connectivity index (χ2n) is 5.70. The van der Waals surface area contributed by atoms with Crippen LogP contribution < -0.4 is 5.32 Å². The summed E-state index contributed by atoms with van der Waals surface area (Å²) < 4.78 is 5.38. The monoisotopic (exact) mass is 284 g/mol. The minimum atomic E-state index is -0.842. The molecule has 2 rings (SSSR count). The molecule has 114 valence electrons. The molecule has 0 aromatic heterocycles. The lowest BCUT2D eigenvalue weighted by molar-refractivity contribution is -0.138. The van der Waals surface area contributed by atoms with Crippen LogP contribution in [0.2, 0.25) is 0 Å². The Morgan fingerprint density at radius 3 is 2.75 bits per heavy atom. The normalized spacial score (nSPS) is 30.2. The van der Waals surface area contributed by atoms with Crippen LogP contribution in [0.15, 0.2) is 0 Å². The van der Waals surface area contributed by atoms with E-state index in [1.54, 1.807) is 12.0 Å². The topological polar surface area (TPSA) is 78.9 Å². The van der Waals surface area contributed by atoms with Gasteiger partial charge in [-0.25, -0.2) is 4.79 Å². The van der Waals surface area contributed by atoms with E-state index in [9.17, 15) is 9.59 Å². The van der Waals surface area contributed by atoms with Gasteiger partial charge in [0.2, 0.25) is 0 Å². The average molecular weight is 284 g/mol. The maximum Gasteiger partial charge on any atom is 0.317 e. The highest BCUT2D eigenvalue weighted by Crippen LogP contribution is 2.24. The summed E-state index contributed by atoms with van der Waals surface area (Å²) >= 11 is 0. The number of rotatable bonds is 4. The molecular weight excluding hydrogens is 260 g/mol. The molecule has 20 heavy (non-hydrogen) atoms. The van der Waals surface area contributed by atoms with Gasteiger partial charge in [-0.05, 0) is 38.5 Å². The van der Waals surface area contributed by atoms with Crippen LogP contribution in [-0.4, -0.2) is 53.8 Å². The fourth-order valence-electron chi connectivity index (χ4n) is 3.30. The molecule has 3 unspecified atom stereocenters. The van der Waals surface area contributed by atoms with Gasteiger partial charge in [0, 0.05) is 19.7 Å². The van der Waals surface area contributed by atoms with E-state index in [-0.39, 0.29) is 30.6 Å². The first-order valence-electron chi connectivity index (χ1n) is 7.43. The van der Waals surface area contributed by atoms with Crippen LogP contribution in [0.1, 0.15) is 44.9 Å². The smallest absolute Gasteiger partial charge is 0.317 e. The van der Waals surface area contributed by atoms with E-state index < -0.39 is 5.97 Å². The summed E-state index contributed by atoms with van der Waals surface area (Å²) in [6.07, 6.45) is 5.79. The predicted molar refractivity (Wildman–Crippen MR) is 73.6 cm³/mol. The van der Waals surface area contributed by atoms with Gasteiger partial charge in [-0.1, -0.05) is 0 Å². The molecule has 1 saturated carbocycles. The fourth-order valence-corrected chi connectivity index (χ4v) is 3.30. The van der Waals surface area contributed by atoms with Crippen molar-refractivity contribution < 1.29 is 19.4 Å². The van der Waals surface area contributed by atoms with Gasteiger partial charge in [-0.2, -0.15) is 0 Å². The van der Waals surface area contributed by atoms with Crippen molar-refractivity contribution in [1.82, 2.24) is 10.2 Å². The predicted octanol–water partition coefficient (Wildman–Crippen LogP) is 1.59. The SMILES string of the molecule is COC1CCCC1NC(=O)N1CCCCC1CC(=O)O. The number of carbonyl (C=O) groups excluding carboxylic acids is 1. The molecule has 6 nitrogen and oxygen atoms in total. The van der Waals surface area contributed by atoms with Crippen LogP contribution in [0.4, 0.5) is 4.79 Å². The van der Waals surface area contributed by atoms with Gasteiger partial charge in [-0.3, -0.25) is 4.79 Å². The molecule has 0 radical (unpaired) electrons. The number of carbonyl (C=O) groups is 2. The first-order valence-corrected chi connectivity index (χ1v) is 7.43. The Bertz CT molecular complexity index is 361. The molecule has 0 aromatic carbocycles. The maximum absolute atomic E-state index is 12.4. The van der Waals surface area contributed by atoms with Gasteiger partial charge in [-0.15, -0.1) is 0 Å². The zero-order chi connectivity index (χ0) is 14.5. The molecule has 1 saturated heterocycles. The molecule has 1 heterocycles. The van der Waals surface area contributed by atoms with Gasteiger partial charge < -0.3 is 20.1 Å². The van der Waals surface area contributed by atoms with Gasteiger partial charge in [0.15, 0.2) is 0 Å². The summed E-state index contributed by atoms with van der Waals surface area (Å²) in [4.78, 5) is 25.0. The minimum Gasteiger partial charge on any atom is -0.481 e. The Morgan fingerprint density at radius 1 is 1.25 bits per heavy atom. The number of hydrogen-bond acceptors (Lipinski definition) is 3. The summed E-state index contributed by atoms with van der Waals surface area (Å²) in [7, 11) is 1.67. The van der Waals surface area contributed by atoms with E-state index in [4.69, 9.17) is 9.84 Å². The maximum atomic E-state index is 12.4. The molecule has 2 amide bonds. The van der Waals surface area contributed by atoms with Gasteiger partial charge in [0.25, 0.3) is 0 Å². The van der Waals surface area contributed by atoms with E-state index in [0.717, 1.165) is 38.5 Å². The van der Waals surface area contributed by atoms with Gasteiger partial charge in [0.1, 0.15) is 0 Å². The van der Waals surface area contributed by atoms with E-state index in [2.05, 4.69) is 5.32 Å². The highest BCUT2D eigenvalue weighted by Gasteiger charge is 2.33. The number of nitrogens with one attached hydrogen (secondary N) is 1. The van der Waals surface area contributed by atoms with Crippen molar-refractivity contribution in [2.45, 2.75) is 63.1 Å². The highest BCUT2D eigenvalue weighted by atomic mass is 16.5. The Kier molecular flexibility index (Phi) is 5.23. The van der Waals surface area contributed by atoms with Crippen LogP contribution in [0.3, 0.4) is 0 Å². The van der Waals surface area contributed by atoms with Crippen molar-refractivity contribution in [1.29, 1.82) is 0 Å². The van der Waals surface area contributed by atoms with Crippen molar-refractivity contribution >= 4 is 12.0 Å². The third kappa shape index (κ3) is 3.62. The van der Waals surface area contributed by atoms with Crippen molar-refractivity contribution in [3.63, 3.8) is 0 Å². The van der Waals surface area contributed by atoms with E-state index in [0.29, 0.717) is 6.54 Å². The Morgan fingerprint density at radius 2 is 2.05 bits per heavy atom. The molecule has 0 aromatic rings. The number of ether oxygens (including phenoxy) is 1. The van der Waals surface area contributed by atoms with Gasteiger partial charge >= 0.3 is 12.0 Å². The number of likely N-dealkylation sites (tertiary alicyclic amines) is 1. The highest BCUT2D eigenvalue weighted by molar-refractivity contribution is 5.76. The number of urea groups is 1. The van der Waals surface area contributed by atoms with Crippen molar-refractivity contribution in [3.05, 3.63) is 0 Å². The number of carboxylic acids is 1. The summed E-state index contributed by atoms with van der Waals surface area (Å²) in [5.41, 5.74) is 0. The summed E-state index contributed by atoms with van der Waals surface area (Å²) in [6, 6.07) is -0.256. The third-order valence-corrected chi connectivity index (χ3v) is 4.36. The second-order valence-corrected chi connectivity index (χ2v) is 5.70. The molecule has 0 bridgehead atoms.